The van der Waals surface area contributed by atoms with Crippen LogP contribution in [0.1, 0.15) is 27.2 Å². The van der Waals surface area contributed by atoms with E-state index in [1.165, 1.54) is 0 Å². The van der Waals surface area contributed by atoms with Crippen LogP contribution in [0.25, 0.3) is 0 Å². The van der Waals surface area contributed by atoms with E-state index in [0.717, 1.165) is 18.9 Å². The summed E-state index contributed by atoms with van der Waals surface area (Å²) in [6.45, 7) is 8.68. The van der Waals surface area contributed by atoms with Gasteiger partial charge in [0.15, 0.2) is 0 Å². The van der Waals surface area contributed by atoms with E-state index in [9.17, 15) is 9.59 Å². The van der Waals surface area contributed by atoms with Gasteiger partial charge in [-0.3, -0.25) is 0 Å². The molecular weight excluding hydrogens is 384 g/mol. The normalized spacial score (nSPS) is 15.7. The fourth-order valence-electron chi connectivity index (χ4n) is 2.70. The van der Waals surface area contributed by atoms with Gasteiger partial charge in [-0.15, -0.1) is 0 Å². The van der Waals surface area contributed by atoms with Crippen LogP contribution in [0.3, 0.4) is 0 Å². The number of carbonyl (C=O) groups excluding carboxylic acids is 2. The number of alkyl carbamates (subject to hydrolysis) is 1. The molecule has 1 aliphatic rings. The lowest BCUT2D eigenvalue weighted by atomic mass is 10.2. The Morgan fingerprint density at radius 2 is 2.11 bits per heavy atom. The Morgan fingerprint density at radius 3 is 2.71 bits per heavy atom. The van der Waals surface area contributed by atoms with Gasteiger partial charge in [-0.1, -0.05) is 11.6 Å². The maximum atomic E-state index is 11.9. The third kappa shape index (κ3) is 7.16. The molecule has 156 valence electrons. The molecule has 1 saturated heterocycles. The molecule has 1 fully saturated rings. The molecule has 0 aliphatic carbocycles. The molecule has 0 spiro atoms. The summed E-state index contributed by atoms with van der Waals surface area (Å²) in [6, 6.07) is 2.97. The zero-order valence-electron chi connectivity index (χ0n) is 16.9. The molecule has 0 radical (unpaired) electrons. The molecule has 0 bridgehead atoms. The number of carbonyl (C=O) groups is 2. The number of aromatic nitrogens is 1. The van der Waals surface area contributed by atoms with Gasteiger partial charge >= 0.3 is 6.09 Å². The van der Waals surface area contributed by atoms with Crippen LogP contribution >= 0.6 is 11.6 Å². The number of hydrogen-bond acceptors (Lipinski definition) is 7. The van der Waals surface area contributed by atoms with Crippen LogP contribution in [-0.2, 0) is 14.3 Å². The zero-order chi connectivity index (χ0) is 20.7. The second-order valence-electron chi connectivity index (χ2n) is 7.70. The molecule has 28 heavy (non-hydrogen) atoms. The molecule has 2 rings (SSSR count). The van der Waals surface area contributed by atoms with Crippen LogP contribution in [0.4, 0.5) is 16.4 Å². The lowest BCUT2D eigenvalue weighted by Crippen LogP contribution is -2.41. The molecule has 1 N–H and O–H groups in total. The smallest absolute Gasteiger partial charge is 0.408 e. The first-order chi connectivity index (χ1) is 13.2. The Kier molecular flexibility index (Phi) is 7.88. The number of ether oxygens (including phenoxy) is 2. The summed E-state index contributed by atoms with van der Waals surface area (Å²) < 4.78 is 10.6. The number of halogens is 1. The number of hydrogen-bond donors (Lipinski definition) is 1. The van der Waals surface area contributed by atoms with Gasteiger partial charge in [0.2, 0.25) is 0 Å². The minimum atomic E-state index is -0.643. The second kappa shape index (κ2) is 9.93. The Hall–Kier alpha value is -2.06. The van der Waals surface area contributed by atoms with E-state index in [1.807, 2.05) is 18.0 Å². The monoisotopic (exact) mass is 412 g/mol. The van der Waals surface area contributed by atoms with Crippen molar-refractivity contribution in [2.24, 2.45) is 0 Å². The van der Waals surface area contributed by atoms with Crippen LogP contribution < -0.4 is 15.1 Å². The quantitative estimate of drug-likeness (QED) is 0.688. The molecule has 8 nitrogen and oxygen atoms in total. The first-order valence-electron chi connectivity index (χ1n) is 9.34. The van der Waals surface area contributed by atoms with Crippen molar-refractivity contribution in [3.05, 3.63) is 17.2 Å². The highest BCUT2D eigenvalue weighted by Gasteiger charge is 2.20. The molecule has 2 heterocycles. The standard InChI is InChI=1S/C19H29ClN4O4/c1-19(2,3)28-18(26)21-15(13-25)5-6-23(4)16-11-14(20)12-17(22-16)24-7-9-27-10-8-24/h11-13,15H,5-10H2,1-4H3,(H,21,26). The molecule has 1 aliphatic heterocycles. The molecular formula is C19H29ClN4O4. The number of pyridine rings is 1. The number of anilines is 2. The Labute approximate surface area is 171 Å². The van der Waals surface area contributed by atoms with Crippen molar-refractivity contribution in [3.8, 4) is 0 Å². The lowest BCUT2D eigenvalue weighted by Gasteiger charge is -2.29. The third-order valence-corrected chi connectivity index (χ3v) is 4.35. The van der Waals surface area contributed by atoms with E-state index in [1.54, 1.807) is 26.8 Å². The van der Waals surface area contributed by atoms with Gasteiger partial charge in [-0.05, 0) is 39.3 Å². The zero-order valence-corrected chi connectivity index (χ0v) is 17.7. The summed E-state index contributed by atoms with van der Waals surface area (Å²) in [4.78, 5) is 31.9. The number of amides is 1. The van der Waals surface area contributed by atoms with E-state index in [-0.39, 0.29) is 0 Å². The molecule has 1 aromatic heterocycles. The van der Waals surface area contributed by atoms with E-state index in [4.69, 9.17) is 21.1 Å². The van der Waals surface area contributed by atoms with E-state index in [2.05, 4.69) is 15.2 Å². The predicted molar refractivity (Wildman–Crippen MR) is 109 cm³/mol. The van der Waals surface area contributed by atoms with Crippen molar-refractivity contribution < 1.29 is 19.1 Å². The summed E-state index contributed by atoms with van der Waals surface area (Å²) in [5, 5.41) is 3.17. The predicted octanol–water partition coefficient (Wildman–Crippen LogP) is 2.49. The van der Waals surface area contributed by atoms with Gasteiger partial charge in [-0.2, -0.15) is 0 Å². The fraction of sp³-hybridized carbons (Fsp3) is 0.632. The van der Waals surface area contributed by atoms with Crippen LogP contribution in [0.2, 0.25) is 5.02 Å². The Morgan fingerprint density at radius 1 is 1.43 bits per heavy atom. The summed E-state index contributed by atoms with van der Waals surface area (Å²) in [6.07, 6.45) is 0.519. The summed E-state index contributed by atoms with van der Waals surface area (Å²) >= 11 is 6.28. The SMILES string of the molecule is CN(CCC(C=O)NC(=O)OC(C)(C)C)c1cc(Cl)cc(N2CCOCC2)n1. The highest BCUT2D eigenvalue weighted by atomic mass is 35.5. The highest BCUT2D eigenvalue weighted by Crippen LogP contribution is 2.24. The van der Waals surface area contributed by atoms with Gasteiger partial charge in [0.05, 0.1) is 19.3 Å². The molecule has 1 unspecified atom stereocenters. The van der Waals surface area contributed by atoms with Gasteiger partial charge < -0.3 is 29.4 Å². The number of nitrogens with zero attached hydrogens (tertiary/aromatic N) is 3. The molecule has 0 saturated carbocycles. The topological polar surface area (TPSA) is 84.0 Å². The number of rotatable bonds is 7. The van der Waals surface area contributed by atoms with Gasteiger partial charge in [0.25, 0.3) is 0 Å². The molecule has 0 aromatic carbocycles. The van der Waals surface area contributed by atoms with Crippen molar-refractivity contribution >= 4 is 35.6 Å². The van der Waals surface area contributed by atoms with Gasteiger partial charge in [0.1, 0.15) is 23.5 Å². The Balaban J connectivity index is 1.95. The van der Waals surface area contributed by atoms with Crippen LogP contribution in [0.15, 0.2) is 12.1 Å². The van der Waals surface area contributed by atoms with Gasteiger partial charge in [-0.25, -0.2) is 9.78 Å². The minimum Gasteiger partial charge on any atom is -0.444 e. The third-order valence-electron chi connectivity index (χ3n) is 4.13. The van der Waals surface area contributed by atoms with Crippen molar-refractivity contribution in [1.29, 1.82) is 0 Å². The van der Waals surface area contributed by atoms with E-state index < -0.39 is 17.7 Å². The summed E-state index contributed by atoms with van der Waals surface area (Å²) in [7, 11) is 1.87. The van der Waals surface area contributed by atoms with Crippen molar-refractivity contribution in [2.45, 2.75) is 38.8 Å². The summed E-state index contributed by atoms with van der Waals surface area (Å²) in [5.41, 5.74) is -0.616. The maximum absolute atomic E-state index is 11.9. The average molecular weight is 413 g/mol. The largest absolute Gasteiger partial charge is 0.444 e. The molecule has 1 atom stereocenters. The van der Waals surface area contributed by atoms with E-state index in [0.29, 0.717) is 43.3 Å². The van der Waals surface area contributed by atoms with Crippen molar-refractivity contribution in [2.75, 3.05) is 49.7 Å². The highest BCUT2D eigenvalue weighted by molar-refractivity contribution is 6.31. The summed E-state index contributed by atoms with van der Waals surface area (Å²) in [5.74, 6) is 1.51. The lowest BCUT2D eigenvalue weighted by molar-refractivity contribution is -0.109. The molecule has 9 heteroatoms. The Bertz CT molecular complexity index is 674. The molecule has 1 amide bonds. The number of morpholine rings is 1. The van der Waals surface area contributed by atoms with Gasteiger partial charge in [0, 0.05) is 31.7 Å². The van der Waals surface area contributed by atoms with Crippen molar-refractivity contribution in [3.63, 3.8) is 0 Å². The van der Waals surface area contributed by atoms with Crippen LogP contribution in [-0.4, -0.2) is 68.9 Å². The second-order valence-corrected chi connectivity index (χ2v) is 8.14. The maximum Gasteiger partial charge on any atom is 0.408 e. The van der Waals surface area contributed by atoms with Crippen LogP contribution in [0.5, 0.6) is 0 Å². The van der Waals surface area contributed by atoms with E-state index >= 15 is 0 Å². The number of nitrogens with one attached hydrogen (secondary N) is 1. The minimum absolute atomic E-state index is 0.417. The van der Waals surface area contributed by atoms with Crippen LogP contribution in [0, 0.1) is 0 Å². The fourth-order valence-corrected chi connectivity index (χ4v) is 2.90. The average Bonchev–Trinajstić information content (AvgIpc) is 2.63. The molecule has 1 aromatic rings. The first-order valence-corrected chi connectivity index (χ1v) is 9.72. The van der Waals surface area contributed by atoms with Crippen molar-refractivity contribution in [1.82, 2.24) is 10.3 Å². The number of aldehydes is 1. The first kappa shape index (κ1) is 22.2.